The Hall–Kier alpha value is -0.560. The van der Waals surface area contributed by atoms with E-state index in [2.05, 4.69) is 34.9 Å². The minimum Gasteiger partial charge on any atom is -0.390 e. The molecule has 0 unspecified atom stereocenters. The largest absolute Gasteiger partial charge is 0.390 e. The smallest absolute Gasteiger partial charge is 0.0875 e. The van der Waals surface area contributed by atoms with E-state index in [1.54, 1.807) is 0 Å². The van der Waals surface area contributed by atoms with Gasteiger partial charge in [0.1, 0.15) is 0 Å². The van der Waals surface area contributed by atoms with Crippen LogP contribution < -0.4 is 0 Å². The number of hydrogen-bond donors (Lipinski definition) is 1. The Morgan fingerprint density at radius 3 is 2.89 bits per heavy atom. The quantitative estimate of drug-likeness (QED) is 0.475. The lowest BCUT2D eigenvalue weighted by Crippen LogP contribution is -2.36. The van der Waals surface area contributed by atoms with Crippen LogP contribution >= 0.6 is 15.9 Å². The third-order valence-corrected chi connectivity index (χ3v) is 4.49. The van der Waals surface area contributed by atoms with E-state index < -0.39 is 6.10 Å². The van der Waals surface area contributed by atoms with Crippen LogP contribution in [0.4, 0.5) is 0 Å². The highest BCUT2D eigenvalue weighted by molar-refractivity contribution is 9.09. The summed E-state index contributed by atoms with van der Waals surface area (Å²) in [5, 5.41) is 10.1. The van der Waals surface area contributed by atoms with Gasteiger partial charge in [-0.2, -0.15) is 0 Å². The van der Waals surface area contributed by atoms with Crippen LogP contribution in [-0.2, 0) is 4.74 Å². The molecule has 1 N–H and O–H groups in total. The van der Waals surface area contributed by atoms with E-state index in [4.69, 9.17) is 11.2 Å². The number of rotatable bonds is 5. The molecule has 4 atom stereocenters. The van der Waals surface area contributed by atoms with Gasteiger partial charge in [-0.1, -0.05) is 47.2 Å². The number of ether oxygens (including phenoxy) is 1. The van der Waals surface area contributed by atoms with Crippen molar-refractivity contribution >= 4 is 15.9 Å². The number of alkyl halides is 1. The average Bonchev–Trinajstić information content (AvgIpc) is 2.41. The van der Waals surface area contributed by atoms with Crippen LogP contribution in [0.1, 0.15) is 39.0 Å². The number of halogens is 1. The highest BCUT2D eigenvalue weighted by atomic mass is 79.9. The van der Waals surface area contributed by atoms with E-state index >= 15 is 0 Å². The molecule has 0 aromatic rings. The molecule has 0 aromatic carbocycles. The van der Waals surface area contributed by atoms with Crippen molar-refractivity contribution in [2.24, 2.45) is 0 Å². The highest BCUT2D eigenvalue weighted by Gasteiger charge is 2.26. The zero-order chi connectivity index (χ0) is 14.1. The molecule has 1 heterocycles. The molecule has 3 heteroatoms. The SMILES string of the molecule is C#CC/C=C\C[C@@H]1O[C@@H]([C@@H](Br)CC)C/C=C\C[C@@H]1O. The monoisotopic (exact) mass is 326 g/mol. The second-order valence-corrected chi connectivity index (χ2v) is 5.94. The van der Waals surface area contributed by atoms with Crippen molar-refractivity contribution in [1.82, 2.24) is 0 Å². The van der Waals surface area contributed by atoms with Crippen molar-refractivity contribution in [3.8, 4) is 12.3 Å². The Morgan fingerprint density at radius 2 is 2.21 bits per heavy atom. The molecule has 0 radical (unpaired) electrons. The average molecular weight is 327 g/mol. The van der Waals surface area contributed by atoms with Crippen molar-refractivity contribution < 1.29 is 9.84 Å². The van der Waals surface area contributed by atoms with Gasteiger partial charge in [0, 0.05) is 11.2 Å². The standard InChI is InChI=1S/C16H23BrO2/c1-3-5-6-7-12-16-14(18)10-8-9-11-15(19-16)13(17)4-2/h1,6-9,13-16,18H,4-5,10-12H2,2H3/b7-6-,9-8-/t13-,14-,15+,16-/m0/s1. The van der Waals surface area contributed by atoms with Gasteiger partial charge in [-0.25, -0.2) is 0 Å². The first kappa shape index (κ1) is 16.5. The maximum absolute atomic E-state index is 10.1. The van der Waals surface area contributed by atoms with Gasteiger partial charge in [-0.15, -0.1) is 12.3 Å². The van der Waals surface area contributed by atoms with Crippen molar-refractivity contribution in [3.63, 3.8) is 0 Å². The summed E-state index contributed by atoms with van der Waals surface area (Å²) in [5.41, 5.74) is 0. The van der Waals surface area contributed by atoms with E-state index in [9.17, 15) is 5.11 Å². The van der Waals surface area contributed by atoms with Gasteiger partial charge in [0.05, 0.1) is 18.3 Å². The van der Waals surface area contributed by atoms with Crippen molar-refractivity contribution in [2.75, 3.05) is 0 Å². The predicted molar refractivity (Wildman–Crippen MR) is 83.3 cm³/mol. The molecule has 0 aliphatic carbocycles. The van der Waals surface area contributed by atoms with Crippen molar-refractivity contribution in [1.29, 1.82) is 0 Å². The first-order valence-electron chi connectivity index (χ1n) is 6.90. The van der Waals surface area contributed by atoms with Crippen LogP contribution in [0.3, 0.4) is 0 Å². The van der Waals surface area contributed by atoms with E-state index in [1.165, 1.54) is 0 Å². The van der Waals surface area contributed by atoms with Crippen LogP contribution in [0.25, 0.3) is 0 Å². The summed E-state index contributed by atoms with van der Waals surface area (Å²) in [4.78, 5) is 0.319. The molecule has 0 aromatic heterocycles. The van der Waals surface area contributed by atoms with Crippen LogP contribution in [-0.4, -0.2) is 28.2 Å². The van der Waals surface area contributed by atoms with Crippen molar-refractivity contribution in [3.05, 3.63) is 24.3 Å². The first-order valence-corrected chi connectivity index (χ1v) is 7.81. The Bertz CT molecular complexity index is 343. The number of aliphatic hydroxyl groups is 1. The summed E-state index contributed by atoms with van der Waals surface area (Å²) in [6.45, 7) is 2.13. The van der Waals surface area contributed by atoms with Gasteiger partial charge in [-0.05, 0) is 25.7 Å². The van der Waals surface area contributed by atoms with Gasteiger partial charge in [0.15, 0.2) is 0 Å². The Kier molecular flexibility index (Phi) is 8.13. The normalized spacial score (nSPS) is 31.4. The number of hydrogen-bond acceptors (Lipinski definition) is 2. The molecule has 0 spiro atoms. The van der Waals surface area contributed by atoms with Crippen LogP contribution in [0, 0.1) is 12.3 Å². The van der Waals surface area contributed by atoms with Gasteiger partial charge >= 0.3 is 0 Å². The number of allylic oxidation sites excluding steroid dienone is 1. The third-order valence-electron chi connectivity index (χ3n) is 3.26. The molecule has 1 aliphatic heterocycles. The lowest BCUT2D eigenvalue weighted by atomic mass is 10.0. The summed E-state index contributed by atoms with van der Waals surface area (Å²) >= 11 is 3.65. The van der Waals surface area contributed by atoms with Crippen LogP contribution in [0.5, 0.6) is 0 Å². The van der Waals surface area contributed by atoms with Crippen molar-refractivity contribution in [2.45, 2.75) is 62.2 Å². The summed E-state index contributed by atoms with van der Waals surface area (Å²) in [6, 6.07) is 0. The lowest BCUT2D eigenvalue weighted by Gasteiger charge is -2.30. The van der Waals surface area contributed by atoms with Gasteiger partial charge in [-0.3, -0.25) is 0 Å². The number of aliphatic hydroxyl groups excluding tert-OH is 1. The lowest BCUT2D eigenvalue weighted by molar-refractivity contribution is -0.0749. The fourth-order valence-corrected chi connectivity index (χ4v) is 2.42. The van der Waals surface area contributed by atoms with Crippen LogP contribution in [0.15, 0.2) is 24.3 Å². The minimum absolute atomic E-state index is 0.113. The first-order chi connectivity index (χ1) is 9.19. The molecule has 0 fully saturated rings. The molecule has 0 amide bonds. The molecule has 1 aliphatic rings. The molecule has 0 saturated heterocycles. The Balaban J connectivity index is 2.64. The molecule has 106 valence electrons. The van der Waals surface area contributed by atoms with Gasteiger partial charge in [0.25, 0.3) is 0 Å². The third kappa shape index (κ3) is 5.95. The highest BCUT2D eigenvalue weighted by Crippen LogP contribution is 2.24. The Morgan fingerprint density at radius 1 is 1.47 bits per heavy atom. The molecular formula is C16H23BrO2. The zero-order valence-electron chi connectivity index (χ0n) is 11.5. The zero-order valence-corrected chi connectivity index (χ0v) is 13.1. The summed E-state index contributed by atoms with van der Waals surface area (Å²) in [5.74, 6) is 2.57. The van der Waals surface area contributed by atoms with E-state index in [1.807, 2.05) is 18.2 Å². The van der Waals surface area contributed by atoms with E-state index in [-0.39, 0.29) is 12.2 Å². The predicted octanol–water partition coefficient (Wildman–Crippen LogP) is 3.59. The molecule has 0 bridgehead atoms. The minimum atomic E-state index is -0.453. The summed E-state index contributed by atoms with van der Waals surface area (Å²) in [6.07, 6.45) is 16.7. The maximum atomic E-state index is 10.1. The van der Waals surface area contributed by atoms with E-state index in [0.29, 0.717) is 24.1 Å². The van der Waals surface area contributed by atoms with E-state index in [0.717, 1.165) is 12.8 Å². The van der Waals surface area contributed by atoms with Gasteiger partial charge in [0.2, 0.25) is 0 Å². The maximum Gasteiger partial charge on any atom is 0.0875 e. The van der Waals surface area contributed by atoms with Gasteiger partial charge < -0.3 is 9.84 Å². The fraction of sp³-hybridized carbons (Fsp3) is 0.625. The second kappa shape index (κ2) is 9.36. The summed E-state index contributed by atoms with van der Waals surface area (Å²) < 4.78 is 6.09. The fourth-order valence-electron chi connectivity index (χ4n) is 2.08. The van der Waals surface area contributed by atoms with Crippen LogP contribution in [0.2, 0.25) is 0 Å². The Labute approximate surface area is 125 Å². The molecule has 19 heavy (non-hydrogen) atoms. The summed E-state index contributed by atoms with van der Waals surface area (Å²) in [7, 11) is 0. The number of terminal acetylenes is 1. The molecule has 0 saturated carbocycles. The second-order valence-electron chi connectivity index (χ2n) is 4.76. The molecular weight excluding hydrogens is 304 g/mol. The molecule has 2 nitrogen and oxygen atoms in total. The topological polar surface area (TPSA) is 29.5 Å². The molecule has 1 rings (SSSR count).